The fourth-order valence-electron chi connectivity index (χ4n) is 2.38. The maximum Gasteiger partial charge on any atom is 0.252 e. The molecule has 6 heteroatoms. The second kappa shape index (κ2) is 6.78. The standard InChI is InChI=1S/C15H18FN3O2/c16-13-4-2-1-3-11(13)9-14-18-15(21-19-14)10-20-12-5-7-17-8-6-12/h1-4,12,17H,5-10H2. The number of hydrogen-bond acceptors (Lipinski definition) is 5. The average molecular weight is 291 g/mol. The molecule has 2 aromatic rings. The molecule has 1 aliphatic heterocycles. The lowest BCUT2D eigenvalue weighted by molar-refractivity contribution is 0.00859. The van der Waals surface area contributed by atoms with Crippen LogP contribution in [0.1, 0.15) is 30.1 Å². The quantitative estimate of drug-likeness (QED) is 0.914. The molecule has 21 heavy (non-hydrogen) atoms. The molecule has 1 aromatic carbocycles. The predicted molar refractivity (Wildman–Crippen MR) is 74.2 cm³/mol. The van der Waals surface area contributed by atoms with Gasteiger partial charge in [0.1, 0.15) is 12.4 Å². The molecule has 0 radical (unpaired) electrons. The molecule has 3 rings (SSSR count). The summed E-state index contributed by atoms with van der Waals surface area (Å²) in [5, 5.41) is 7.15. The Morgan fingerprint density at radius 1 is 1.29 bits per heavy atom. The fraction of sp³-hybridized carbons (Fsp3) is 0.467. The second-order valence-corrected chi connectivity index (χ2v) is 5.13. The average Bonchev–Trinajstić information content (AvgIpc) is 2.96. The van der Waals surface area contributed by atoms with Gasteiger partial charge >= 0.3 is 0 Å². The van der Waals surface area contributed by atoms with Crippen LogP contribution in [-0.4, -0.2) is 29.3 Å². The van der Waals surface area contributed by atoms with Gasteiger partial charge in [0.2, 0.25) is 0 Å². The fourth-order valence-corrected chi connectivity index (χ4v) is 2.38. The van der Waals surface area contributed by atoms with Gasteiger partial charge in [-0.05, 0) is 37.6 Å². The van der Waals surface area contributed by atoms with E-state index in [4.69, 9.17) is 9.26 Å². The lowest BCUT2D eigenvalue weighted by Gasteiger charge is -2.21. The Balaban J connectivity index is 1.55. The van der Waals surface area contributed by atoms with Crippen molar-refractivity contribution in [1.82, 2.24) is 15.5 Å². The number of benzene rings is 1. The summed E-state index contributed by atoms with van der Waals surface area (Å²) in [5.41, 5.74) is 0.559. The van der Waals surface area contributed by atoms with Crippen LogP contribution in [0.15, 0.2) is 28.8 Å². The first-order chi connectivity index (χ1) is 10.3. The van der Waals surface area contributed by atoms with Crippen LogP contribution in [0.4, 0.5) is 4.39 Å². The van der Waals surface area contributed by atoms with Crippen LogP contribution in [0.5, 0.6) is 0 Å². The van der Waals surface area contributed by atoms with Crippen molar-refractivity contribution in [2.24, 2.45) is 0 Å². The third-order valence-corrected chi connectivity index (χ3v) is 3.55. The third-order valence-electron chi connectivity index (χ3n) is 3.55. The molecule has 0 saturated carbocycles. The van der Waals surface area contributed by atoms with Crippen LogP contribution < -0.4 is 5.32 Å². The molecule has 0 atom stereocenters. The number of rotatable bonds is 5. The zero-order valence-electron chi connectivity index (χ0n) is 11.7. The second-order valence-electron chi connectivity index (χ2n) is 5.13. The third kappa shape index (κ3) is 3.86. The van der Waals surface area contributed by atoms with Crippen LogP contribution in [0, 0.1) is 5.82 Å². The van der Waals surface area contributed by atoms with E-state index in [2.05, 4.69) is 15.5 Å². The van der Waals surface area contributed by atoms with Crippen LogP contribution in [0.25, 0.3) is 0 Å². The molecule has 1 saturated heterocycles. The molecule has 112 valence electrons. The molecule has 1 aliphatic rings. The summed E-state index contributed by atoms with van der Waals surface area (Å²) in [6, 6.07) is 6.60. The smallest absolute Gasteiger partial charge is 0.252 e. The molecular weight excluding hydrogens is 273 g/mol. The minimum atomic E-state index is -0.255. The van der Waals surface area contributed by atoms with E-state index in [-0.39, 0.29) is 11.9 Å². The van der Waals surface area contributed by atoms with Crippen molar-refractivity contribution in [3.8, 4) is 0 Å². The van der Waals surface area contributed by atoms with E-state index < -0.39 is 0 Å². The van der Waals surface area contributed by atoms with Crippen molar-refractivity contribution < 1.29 is 13.7 Å². The number of halogens is 1. The largest absolute Gasteiger partial charge is 0.368 e. The lowest BCUT2D eigenvalue weighted by Crippen LogP contribution is -2.32. The van der Waals surface area contributed by atoms with Crippen molar-refractivity contribution in [3.05, 3.63) is 47.4 Å². The van der Waals surface area contributed by atoms with Gasteiger partial charge in [0.05, 0.1) is 6.10 Å². The van der Waals surface area contributed by atoms with E-state index in [9.17, 15) is 4.39 Å². The summed E-state index contributed by atoms with van der Waals surface area (Å²) in [4.78, 5) is 4.25. The Kier molecular flexibility index (Phi) is 4.57. The van der Waals surface area contributed by atoms with Gasteiger partial charge in [-0.15, -0.1) is 0 Å². The molecule has 1 N–H and O–H groups in total. The minimum Gasteiger partial charge on any atom is -0.368 e. The Morgan fingerprint density at radius 2 is 2.10 bits per heavy atom. The molecule has 0 unspecified atom stereocenters. The van der Waals surface area contributed by atoms with Crippen LogP contribution in [0.3, 0.4) is 0 Å². The Morgan fingerprint density at radius 3 is 2.90 bits per heavy atom. The summed E-state index contributed by atoms with van der Waals surface area (Å²) in [7, 11) is 0. The zero-order valence-corrected chi connectivity index (χ0v) is 11.7. The van der Waals surface area contributed by atoms with Gasteiger partial charge in [-0.2, -0.15) is 4.98 Å². The molecule has 0 amide bonds. The first-order valence-corrected chi connectivity index (χ1v) is 7.18. The van der Waals surface area contributed by atoms with Crippen molar-refractivity contribution >= 4 is 0 Å². The van der Waals surface area contributed by atoms with Gasteiger partial charge in [0.15, 0.2) is 5.82 Å². The van der Waals surface area contributed by atoms with Crippen LogP contribution in [-0.2, 0) is 17.8 Å². The van der Waals surface area contributed by atoms with Crippen molar-refractivity contribution in [2.45, 2.75) is 32.0 Å². The Labute approximate surface area is 122 Å². The van der Waals surface area contributed by atoms with Crippen molar-refractivity contribution in [2.75, 3.05) is 13.1 Å². The maximum absolute atomic E-state index is 13.6. The van der Waals surface area contributed by atoms with E-state index in [1.807, 2.05) is 0 Å². The molecule has 5 nitrogen and oxygen atoms in total. The molecule has 0 spiro atoms. The first-order valence-electron chi connectivity index (χ1n) is 7.18. The first kappa shape index (κ1) is 14.2. The molecule has 0 aliphatic carbocycles. The topological polar surface area (TPSA) is 60.2 Å². The van der Waals surface area contributed by atoms with Crippen LogP contribution >= 0.6 is 0 Å². The van der Waals surface area contributed by atoms with Crippen LogP contribution in [0.2, 0.25) is 0 Å². The highest BCUT2D eigenvalue weighted by Gasteiger charge is 2.15. The molecular formula is C15H18FN3O2. The van der Waals surface area contributed by atoms with E-state index in [0.717, 1.165) is 25.9 Å². The summed E-state index contributed by atoms with van der Waals surface area (Å²) < 4.78 is 24.4. The molecule has 1 fully saturated rings. The van der Waals surface area contributed by atoms with Crippen molar-refractivity contribution in [3.63, 3.8) is 0 Å². The van der Waals surface area contributed by atoms with E-state index in [0.29, 0.717) is 30.3 Å². The monoisotopic (exact) mass is 291 g/mol. The highest BCUT2D eigenvalue weighted by atomic mass is 19.1. The Bertz CT molecular complexity index is 582. The lowest BCUT2D eigenvalue weighted by atomic mass is 10.1. The van der Waals surface area contributed by atoms with Gasteiger partial charge in [0, 0.05) is 6.42 Å². The minimum absolute atomic E-state index is 0.244. The van der Waals surface area contributed by atoms with E-state index in [1.54, 1.807) is 18.2 Å². The molecule has 1 aromatic heterocycles. The maximum atomic E-state index is 13.6. The normalized spacial score (nSPS) is 16.2. The van der Waals surface area contributed by atoms with Gasteiger partial charge in [-0.1, -0.05) is 23.4 Å². The number of ether oxygens (including phenoxy) is 1. The predicted octanol–water partition coefficient (Wildman–Crippen LogP) is 2.07. The van der Waals surface area contributed by atoms with Gasteiger partial charge in [0.25, 0.3) is 5.89 Å². The highest BCUT2D eigenvalue weighted by Crippen LogP contribution is 2.13. The number of nitrogens with zero attached hydrogens (tertiary/aromatic N) is 2. The summed E-state index contributed by atoms with van der Waals surface area (Å²) in [6.45, 7) is 2.27. The number of aromatic nitrogens is 2. The van der Waals surface area contributed by atoms with E-state index >= 15 is 0 Å². The zero-order chi connectivity index (χ0) is 14.5. The Hall–Kier alpha value is -1.79. The SMILES string of the molecule is Fc1ccccc1Cc1noc(COC2CCNCC2)n1. The van der Waals surface area contributed by atoms with Gasteiger partial charge in [-0.25, -0.2) is 4.39 Å². The number of hydrogen-bond donors (Lipinski definition) is 1. The summed E-state index contributed by atoms with van der Waals surface area (Å²) in [5.74, 6) is 0.665. The summed E-state index contributed by atoms with van der Waals surface area (Å²) in [6.07, 6.45) is 2.56. The molecule has 2 heterocycles. The number of nitrogens with one attached hydrogen (secondary N) is 1. The van der Waals surface area contributed by atoms with Gasteiger partial charge < -0.3 is 14.6 Å². The van der Waals surface area contributed by atoms with Gasteiger partial charge in [-0.3, -0.25) is 0 Å². The van der Waals surface area contributed by atoms with Crippen molar-refractivity contribution in [1.29, 1.82) is 0 Å². The molecule has 0 bridgehead atoms. The summed E-state index contributed by atoms with van der Waals surface area (Å²) >= 11 is 0. The number of piperidine rings is 1. The van der Waals surface area contributed by atoms with E-state index in [1.165, 1.54) is 6.07 Å². The highest BCUT2D eigenvalue weighted by molar-refractivity contribution is 5.20.